The Morgan fingerprint density at radius 2 is 1.65 bits per heavy atom. The van der Waals surface area contributed by atoms with Crippen LogP contribution in [-0.2, 0) is 16.6 Å². The van der Waals surface area contributed by atoms with Gasteiger partial charge in [0.05, 0.1) is 21.0 Å². The van der Waals surface area contributed by atoms with Crippen LogP contribution in [0.1, 0.15) is 5.56 Å². The zero-order valence-corrected chi connectivity index (χ0v) is 12.4. The smallest absolute Gasteiger partial charge is 0.144 e. The fourth-order valence-electron chi connectivity index (χ4n) is 1.65. The molecule has 2 rings (SSSR count). The van der Waals surface area contributed by atoms with Crippen molar-refractivity contribution >= 4 is 32.4 Å². The highest BCUT2D eigenvalue weighted by Crippen LogP contribution is 2.24. The van der Waals surface area contributed by atoms with Gasteiger partial charge in [-0.2, -0.15) is 0 Å². The van der Waals surface area contributed by atoms with Crippen molar-refractivity contribution in [2.45, 2.75) is 10.6 Å². The molecular formula is C13H9BrF3NOS. The molecule has 0 radical (unpaired) electrons. The van der Waals surface area contributed by atoms with Gasteiger partial charge in [-0.1, -0.05) is 6.07 Å². The SMILES string of the molecule is Nc1cc(F)c(S(=O)Cc2ccc(F)c(Br)c2)c(F)c1. The van der Waals surface area contributed by atoms with Gasteiger partial charge in [0.2, 0.25) is 0 Å². The lowest BCUT2D eigenvalue weighted by atomic mass is 10.2. The molecule has 0 fully saturated rings. The van der Waals surface area contributed by atoms with E-state index in [-0.39, 0.29) is 15.9 Å². The maximum Gasteiger partial charge on any atom is 0.144 e. The first-order valence-corrected chi connectivity index (χ1v) is 7.56. The van der Waals surface area contributed by atoms with E-state index in [4.69, 9.17) is 5.73 Å². The quantitative estimate of drug-likeness (QED) is 0.843. The van der Waals surface area contributed by atoms with Crippen LogP contribution in [0.15, 0.2) is 39.7 Å². The van der Waals surface area contributed by atoms with Gasteiger partial charge in [0.15, 0.2) is 0 Å². The van der Waals surface area contributed by atoms with Gasteiger partial charge >= 0.3 is 0 Å². The minimum Gasteiger partial charge on any atom is -0.399 e. The Morgan fingerprint density at radius 1 is 1.05 bits per heavy atom. The van der Waals surface area contributed by atoms with Gasteiger partial charge in [0.1, 0.15) is 22.3 Å². The Bertz CT molecular complexity index is 670. The molecule has 0 heterocycles. The molecule has 0 spiro atoms. The molecule has 0 bridgehead atoms. The van der Waals surface area contributed by atoms with Crippen LogP contribution in [0.5, 0.6) is 0 Å². The molecule has 0 aliphatic heterocycles. The average Bonchev–Trinajstić information content (AvgIpc) is 2.32. The summed E-state index contributed by atoms with van der Waals surface area (Å²) in [6, 6.07) is 5.84. The summed E-state index contributed by atoms with van der Waals surface area (Å²) in [6.07, 6.45) is 0. The number of hydrogen-bond acceptors (Lipinski definition) is 2. The van der Waals surface area contributed by atoms with Crippen molar-refractivity contribution in [3.8, 4) is 0 Å². The summed E-state index contributed by atoms with van der Waals surface area (Å²) in [5.74, 6) is -2.51. The van der Waals surface area contributed by atoms with Crippen molar-refractivity contribution in [2.75, 3.05) is 5.73 Å². The molecule has 2 aromatic carbocycles. The first-order valence-electron chi connectivity index (χ1n) is 5.45. The summed E-state index contributed by atoms with van der Waals surface area (Å²) < 4.78 is 52.6. The lowest BCUT2D eigenvalue weighted by Gasteiger charge is -2.07. The molecule has 2 aromatic rings. The van der Waals surface area contributed by atoms with E-state index in [1.54, 1.807) is 0 Å². The summed E-state index contributed by atoms with van der Waals surface area (Å²) in [5, 5.41) is 0. The van der Waals surface area contributed by atoms with E-state index in [0.29, 0.717) is 5.56 Å². The van der Waals surface area contributed by atoms with Gasteiger partial charge in [-0.25, -0.2) is 13.2 Å². The Morgan fingerprint density at radius 3 is 2.20 bits per heavy atom. The van der Waals surface area contributed by atoms with Crippen LogP contribution in [0.25, 0.3) is 0 Å². The first-order chi connectivity index (χ1) is 9.38. The van der Waals surface area contributed by atoms with Crippen LogP contribution < -0.4 is 5.73 Å². The number of nitrogens with two attached hydrogens (primary N) is 1. The Labute approximate surface area is 124 Å². The maximum atomic E-state index is 13.6. The predicted molar refractivity (Wildman–Crippen MR) is 75.0 cm³/mol. The predicted octanol–water partition coefficient (Wildman–Crippen LogP) is 3.76. The van der Waals surface area contributed by atoms with Gasteiger partial charge in [-0.3, -0.25) is 4.21 Å². The largest absolute Gasteiger partial charge is 0.399 e. The molecule has 1 unspecified atom stereocenters. The topological polar surface area (TPSA) is 43.1 Å². The van der Waals surface area contributed by atoms with Crippen LogP contribution >= 0.6 is 15.9 Å². The fraction of sp³-hybridized carbons (Fsp3) is 0.0769. The van der Waals surface area contributed by atoms with Crippen molar-refractivity contribution in [1.29, 1.82) is 0 Å². The lowest BCUT2D eigenvalue weighted by molar-refractivity contribution is 0.535. The van der Waals surface area contributed by atoms with Gasteiger partial charge < -0.3 is 5.73 Å². The number of hydrogen-bond donors (Lipinski definition) is 1. The number of nitrogen functional groups attached to an aromatic ring is 1. The second-order valence-corrected chi connectivity index (χ2v) is 6.29. The monoisotopic (exact) mass is 363 g/mol. The second kappa shape index (κ2) is 5.97. The minimum atomic E-state index is -1.93. The van der Waals surface area contributed by atoms with E-state index in [1.165, 1.54) is 18.2 Å². The average molecular weight is 364 g/mol. The van der Waals surface area contributed by atoms with Crippen LogP contribution in [0, 0.1) is 17.5 Å². The van der Waals surface area contributed by atoms with E-state index in [2.05, 4.69) is 15.9 Å². The third-order valence-electron chi connectivity index (χ3n) is 2.53. The molecule has 0 aliphatic carbocycles. The maximum absolute atomic E-state index is 13.6. The van der Waals surface area contributed by atoms with Crippen LogP contribution in [0.2, 0.25) is 0 Å². The molecule has 106 valence electrons. The van der Waals surface area contributed by atoms with Gasteiger partial charge in [0.25, 0.3) is 0 Å². The van der Waals surface area contributed by atoms with Crippen LogP contribution in [0.4, 0.5) is 18.9 Å². The summed E-state index contributed by atoms with van der Waals surface area (Å²) in [4.78, 5) is -0.528. The third kappa shape index (κ3) is 3.21. The van der Waals surface area contributed by atoms with E-state index in [0.717, 1.165) is 12.1 Å². The van der Waals surface area contributed by atoms with Gasteiger partial charge in [-0.05, 0) is 45.8 Å². The molecule has 0 saturated carbocycles. The lowest BCUT2D eigenvalue weighted by Crippen LogP contribution is -2.04. The number of anilines is 1. The van der Waals surface area contributed by atoms with Crippen molar-refractivity contribution in [1.82, 2.24) is 0 Å². The van der Waals surface area contributed by atoms with Crippen molar-refractivity contribution in [3.05, 3.63) is 57.8 Å². The number of halogens is 4. The fourth-order valence-corrected chi connectivity index (χ4v) is 3.26. The molecule has 7 heteroatoms. The van der Waals surface area contributed by atoms with E-state index in [1.807, 2.05) is 0 Å². The van der Waals surface area contributed by atoms with Crippen LogP contribution in [0.3, 0.4) is 0 Å². The van der Waals surface area contributed by atoms with Gasteiger partial charge in [-0.15, -0.1) is 0 Å². The summed E-state index contributed by atoms with van der Waals surface area (Å²) in [5.41, 5.74) is 5.71. The molecule has 0 saturated heterocycles. The number of benzene rings is 2. The summed E-state index contributed by atoms with van der Waals surface area (Å²) >= 11 is 2.99. The molecule has 0 aromatic heterocycles. The molecule has 1 atom stereocenters. The third-order valence-corrected chi connectivity index (χ3v) is 4.58. The van der Waals surface area contributed by atoms with E-state index >= 15 is 0 Å². The zero-order chi connectivity index (χ0) is 14.9. The van der Waals surface area contributed by atoms with Crippen LogP contribution in [-0.4, -0.2) is 4.21 Å². The Hall–Kier alpha value is -1.34. The highest BCUT2D eigenvalue weighted by molar-refractivity contribution is 9.10. The van der Waals surface area contributed by atoms with E-state index < -0.39 is 33.1 Å². The highest BCUT2D eigenvalue weighted by Gasteiger charge is 2.17. The second-order valence-electron chi connectivity index (χ2n) is 4.05. The zero-order valence-electron chi connectivity index (χ0n) is 10.00. The molecule has 20 heavy (non-hydrogen) atoms. The van der Waals surface area contributed by atoms with Crippen molar-refractivity contribution < 1.29 is 17.4 Å². The molecular weight excluding hydrogens is 355 g/mol. The molecule has 2 nitrogen and oxygen atoms in total. The Kier molecular flexibility index (Phi) is 4.49. The minimum absolute atomic E-state index is 0.0784. The normalized spacial score (nSPS) is 12.4. The first kappa shape index (κ1) is 15.1. The van der Waals surface area contributed by atoms with Gasteiger partial charge in [0, 0.05) is 5.69 Å². The van der Waals surface area contributed by atoms with Crippen molar-refractivity contribution in [3.63, 3.8) is 0 Å². The van der Waals surface area contributed by atoms with E-state index in [9.17, 15) is 17.4 Å². The molecule has 0 amide bonds. The highest BCUT2D eigenvalue weighted by atomic mass is 79.9. The standard InChI is InChI=1S/C13H9BrF3NOS/c14-9-3-7(1-2-10(9)15)6-20(19)13-11(16)4-8(18)5-12(13)17/h1-5H,6,18H2. The molecule has 0 aliphatic rings. The van der Waals surface area contributed by atoms with Crippen molar-refractivity contribution in [2.24, 2.45) is 0 Å². The summed E-state index contributed by atoms with van der Waals surface area (Å²) in [6.45, 7) is 0. The number of rotatable bonds is 3. The molecule has 2 N–H and O–H groups in total. The summed E-state index contributed by atoms with van der Waals surface area (Å²) in [7, 11) is -1.93. The Balaban J connectivity index is 2.31.